The Kier molecular flexibility index (Phi) is 2.70. The summed E-state index contributed by atoms with van der Waals surface area (Å²) in [5.74, 6) is -2.03. The summed E-state index contributed by atoms with van der Waals surface area (Å²) >= 11 is 1.06. The molecular weight excluding hydrogens is 266 g/mol. The van der Waals surface area contributed by atoms with E-state index in [0.717, 1.165) is 35.5 Å². The number of aromatic carboxylic acids is 1. The van der Waals surface area contributed by atoms with Crippen LogP contribution in [0.1, 0.15) is 34.5 Å². The summed E-state index contributed by atoms with van der Waals surface area (Å²) in [5, 5.41) is 10.9. The molecule has 2 amide bonds. The molecule has 2 atom stereocenters. The summed E-state index contributed by atoms with van der Waals surface area (Å²) in [6.45, 7) is 1.73. The SMILES string of the molecule is Cc1csc(C(=O)O)c1N1C(=O)C2CCCC2C1=O. The van der Waals surface area contributed by atoms with Crippen LogP contribution < -0.4 is 4.90 Å². The van der Waals surface area contributed by atoms with E-state index in [4.69, 9.17) is 0 Å². The number of fused-ring (bicyclic) bond motifs is 1. The van der Waals surface area contributed by atoms with Gasteiger partial charge in [0.2, 0.25) is 11.8 Å². The molecule has 0 bridgehead atoms. The first-order valence-corrected chi connectivity index (χ1v) is 7.09. The van der Waals surface area contributed by atoms with Gasteiger partial charge < -0.3 is 5.11 Å². The fourth-order valence-electron chi connectivity index (χ4n) is 3.08. The number of anilines is 1. The van der Waals surface area contributed by atoms with Crippen LogP contribution in [0.2, 0.25) is 0 Å². The van der Waals surface area contributed by atoms with Crippen LogP contribution in [-0.2, 0) is 9.59 Å². The number of carboxylic acid groups (broad SMARTS) is 1. The highest BCUT2D eigenvalue weighted by Gasteiger charge is 2.51. The van der Waals surface area contributed by atoms with E-state index in [1.165, 1.54) is 0 Å². The Hall–Kier alpha value is -1.69. The number of hydrogen-bond acceptors (Lipinski definition) is 4. The lowest BCUT2D eigenvalue weighted by Gasteiger charge is -2.16. The van der Waals surface area contributed by atoms with Gasteiger partial charge in [-0.1, -0.05) is 6.42 Å². The lowest BCUT2D eigenvalue weighted by molar-refractivity contribution is -0.122. The van der Waals surface area contributed by atoms with Crippen molar-refractivity contribution >= 4 is 34.8 Å². The van der Waals surface area contributed by atoms with E-state index in [0.29, 0.717) is 5.56 Å². The molecule has 1 aliphatic heterocycles. The minimum absolute atomic E-state index is 0.0687. The van der Waals surface area contributed by atoms with Crippen LogP contribution in [0.4, 0.5) is 5.69 Å². The molecule has 5 nitrogen and oxygen atoms in total. The molecule has 1 saturated heterocycles. The van der Waals surface area contributed by atoms with Gasteiger partial charge in [-0.25, -0.2) is 9.69 Å². The van der Waals surface area contributed by atoms with Crippen molar-refractivity contribution in [1.82, 2.24) is 0 Å². The fraction of sp³-hybridized carbons (Fsp3) is 0.462. The summed E-state index contributed by atoms with van der Waals surface area (Å²) in [6, 6.07) is 0. The Bertz CT molecular complexity index is 569. The van der Waals surface area contributed by atoms with E-state index in [1.807, 2.05) is 0 Å². The van der Waals surface area contributed by atoms with Gasteiger partial charge in [0, 0.05) is 0 Å². The summed E-state index contributed by atoms with van der Waals surface area (Å²) in [6.07, 6.45) is 2.36. The van der Waals surface area contributed by atoms with Crippen molar-refractivity contribution in [2.24, 2.45) is 11.8 Å². The molecule has 2 heterocycles. The Balaban J connectivity index is 2.08. The van der Waals surface area contributed by atoms with Gasteiger partial charge in [0.15, 0.2) is 0 Å². The highest BCUT2D eigenvalue weighted by Crippen LogP contribution is 2.44. The first-order chi connectivity index (χ1) is 9.02. The number of nitrogens with zero attached hydrogens (tertiary/aromatic N) is 1. The Morgan fingerprint density at radius 3 is 2.42 bits per heavy atom. The van der Waals surface area contributed by atoms with E-state index in [9.17, 15) is 19.5 Å². The average Bonchev–Trinajstić information content (AvgIpc) is 3.00. The standard InChI is InChI=1S/C13H13NO4S/c1-6-5-19-10(13(17)18)9(6)14-11(15)7-3-2-4-8(7)12(14)16/h5,7-8H,2-4H2,1H3,(H,17,18). The minimum Gasteiger partial charge on any atom is -0.477 e. The second kappa shape index (κ2) is 4.16. The van der Waals surface area contributed by atoms with Gasteiger partial charge in [0.1, 0.15) is 4.88 Å². The predicted molar refractivity (Wildman–Crippen MR) is 69.3 cm³/mol. The molecule has 0 spiro atoms. The van der Waals surface area contributed by atoms with Crippen LogP contribution in [0.25, 0.3) is 0 Å². The minimum atomic E-state index is -1.09. The van der Waals surface area contributed by atoms with Crippen LogP contribution in [0, 0.1) is 18.8 Å². The van der Waals surface area contributed by atoms with Crippen molar-refractivity contribution in [3.63, 3.8) is 0 Å². The highest BCUT2D eigenvalue weighted by atomic mass is 32.1. The van der Waals surface area contributed by atoms with Gasteiger partial charge in [-0.3, -0.25) is 9.59 Å². The van der Waals surface area contributed by atoms with Crippen LogP contribution in [0.15, 0.2) is 5.38 Å². The number of hydrogen-bond donors (Lipinski definition) is 1. The largest absolute Gasteiger partial charge is 0.477 e. The number of thiophene rings is 1. The van der Waals surface area contributed by atoms with Gasteiger partial charge in [-0.2, -0.15) is 0 Å². The second-order valence-electron chi connectivity index (χ2n) is 5.06. The number of aryl methyl sites for hydroxylation is 1. The summed E-state index contributed by atoms with van der Waals surface area (Å²) < 4.78 is 0. The van der Waals surface area contributed by atoms with Gasteiger partial charge in [-0.15, -0.1) is 11.3 Å². The van der Waals surface area contributed by atoms with Gasteiger partial charge in [0.05, 0.1) is 17.5 Å². The summed E-state index contributed by atoms with van der Waals surface area (Å²) in [5.41, 5.74) is 0.950. The van der Waals surface area contributed by atoms with Crippen molar-refractivity contribution < 1.29 is 19.5 Å². The quantitative estimate of drug-likeness (QED) is 0.841. The third kappa shape index (κ3) is 1.63. The molecule has 100 valence electrons. The number of rotatable bonds is 2. The lowest BCUT2D eigenvalue weighted by atomic mass is 10.00. The topological polar surface area (TPSA) is 74.7 Å². The zero-order chi connectivity index (χ0) is 13.7. The molecule has 1 aromatic heterocycles. The smallest absolute Gasteiger partial charge is 0.348 e. The van der Waals surface area contributed by atoms with Crippen LogP contribution in [-0.4, -0.2) is 22.9 Å². The van der Waals surface area contributed by atoms with Gasteiger partial charge in [0.25, 0.3) is 0 Å². The molecular formula is C13H13NO4S. The summed E-state index contributed by atoms with van der Waals surface area (Å²) in [7, 11) is 0. The lowest BCUT2D eigenvalue weighted by Crippen LogP contribution is -2.32. The molecule has 0 aromatic carbocycles. The van der Waals surface area contributed by atoms with Crippen molar-refractivity contribution in [3.8, 4) is 0 Å². The number of imide groups is 1. The van der Waals surface area contributed by atoms with Gasteiger partial charge in [-0.05, 0) is 30.7 Å². The van der Waals surface area contributed by atoms with Gasteiger partial charge >= 0.3 is 5.97 Å². The first kappa shape index (κ1) is 12.3. The molecule has 1 N–H and O–H groups in total. The molecule has 2 unspecified atom stereocenters. The monoisotopic (exact) mass is 279 g/mol. The van der Waals surface area contributed by atoms with E-state index in [2.05, 4.69) is 0 Å². The maximum atomic E-state index is 12.3. The van der Waals surface area contributed by atoms with E-state index < -0.39 is 5.97 Å². The Morgan fingerprint density at radius 1 is 1.32 bits per heavy atom. The molecule has 19 heavy (non-hydrogen) atoms. The van der Waals surface area contributed by atoms with E-state index >= 15 is 0 Å². The van der Waals surface area contributed by atoms with Crippen LogP contribution in [0.5, 0.6) is 0 Å². The maximum Gasteiger partial charge on any atom is 0.348 e. The van der Waals surface area contributed by atoms with Crippen molar-refractivity contribution in [2.75, 3.05) is 4.90 Å². The fourth-order valence-corrected chi connectivity index (χ4v) is 3.95. The number of amides is 2. The highest BCUT2D eigenvalue weighted by molar-refractivity contribution is 7.12. The van der Waals surface area contributed by atoms with E-state index in [1.54, 1.807) is 12.3 Å². The molecule has 6 heteroatoms. The van der Waals surface area contributed by atoms with Crippen molar-refractivity contribution in [3.05, 3.63) is 15.8 Å². The molecule has 1 aromatic rings. The Morgan fingerprint density at radius 2 is 1.89 bits per heavy atom. The molecule has 1 saturated carbocycles. The number of carbonyl (C=O) groups is 3. The van der Waals surface area contributed by atoms with E-state index in [-0.39, 0.29) is 34.2 Å². The second-order valence-corrected chi connectivity index (χ2v) is 5.94. The number of carbonyl (C=O) groups excluding carboxylic acids is 2. The first-order valence-electron chi connectivity index (χ1n) is 6.21. The van der Waals surface area contributed by atoms with Crippen LogP contribution in [0.3, 0.4) is 0 Å². The Labute approximate surface area is 113 Å². The zero-order valence-corrected chi connectivity index (χ0v) is 11.2. The molecule has 3 rings (SSSR count). The van der Waals surface area contributed by atoms with Crippen molar-refractivity contribution in [2.45, 2.75) is 26.2 Å². The third-order valence-corrected chi connectivity index (χ3v) is 5.03. The zero-order valence-electron chi connectivity index (χ0n) is 10.4. The number of carboxylic acids is 1. The average molecular weight is 279 g/mol. The molecule has 1 aliphatic carbocycles. The maximum absolute atomic E-state index is 12.3. The van der Waals surface area contributed by atoms with Crippen LogP contribution >= 0.6 is 11.3 Å². The van der Waals surface area contributed by atoms with Crippen molar-refractivity contribution in [1.29, 1.82) is 0 Å². The molecule has 2 fully saturated rings. The molecule has 0 radical (unpaired) electrons. The third-order valence-electron chi connectivity index (χ3n) is 3.95. The summed E-state index contributed by atoms with van der Waals surface area (Å²) in [4.78, 5) is 37.1. The predicted octanol–water partition coefficient (Wildman–Crippen LogP) is 2.04. The molecule has 2 aliphatic rings. The normalized spacial score (nSPS) is 26.1.